The molecule has 1 aliphatic rings. The Morgan fingerprint density at radius 1 is 0.973 bits per heavy atom. The number of hydrogen-bond donors (Lipinski definition) is 1. The van der Waals surface area contributed by atoms with Crippen molar-refractivity contribution < 1.29 is 24.2 Å². The number of rotatable bonds is 8. The zero-order valence-electron chi connectivity index (χ0n) is 21.8. The minimum atomic E-state index is -0.847. The van der Waals surface area contributed by atoms with Gasteiger partial charge in [0.05, 0.1) is 24.3 Å². The smallest absolute Gasteiger partial charge is 0.300 e. The SMILES string of the molecule is CCOc1cccc(C2/C(=C(/O)c3cccc(OC(C)C)c3)C(=O)C(=O)N2c2ccc(N(C)C)cc2)c1. The highest BCUT2D eigenvalue weighted by atomic mass is 16.5. The summed E-state index contributed by atoms with van der Waals surface area (Å²) in [6, 6.07) is 20.7. The number of ether oxygens (including phenoxy) is 2. The van der Waals surface area contributed by atoms with Gasteiger partial charge in [-0.1, -0.05) is 24.3 Å². The fourth-order valence-corrected chi connectivity index (χ4v) is 4.41. The highest BCUT2D eigenvalue weighted by Gasteiger charge is 2.47. The van der Waals surface area contributed by atoms with Crippen molar-refractivity contribution in [2.45, 2.75) is 32.9 Å². The number of benzene rings is 3. The molecule has 37 heavy (non-hydrogen) atoms. The number of aliphatic hydroxyl groups is 1. The van der Waals surface area contributed by atoms with Crippen molar-refractivity contribution in [2.24, 2.45) is 0 Å². The molecule has 1 unspecified atom stereocenters. The summed E-state index contributed by atoms with van der Waals surface area (Å²) in [6.07, 6.45) is -0.0607. The van der Waals surface area contributed by atoms with Gasteiger partial charge in [0.1, 0.15) is 17.3 Å². The van der Waals surface area contributed by atoms with Crippen molar-refractivity contribution in [3.63, 3.8) is 0 Å². The monoisotopic (exact) mass is 500 g/mol. The molecule has 3 aromatic rings. The van der Waals surface area contributed by atoms with E-state index in [1.807, 2.05) is 70.1 Å². The summed E-state index contributed by atoms with van der Waals surface area (Å²) in [5, 5.41) is 11.4. The third-order valence-electron chi connectivity index (χ3n) is 6.05. The number of amides is 1. The normalized spacial score (nSPS) is 16.8. The summed E-state index contributed by atoms with van der Waals surface area (Å²) < 4.78 is 11.5. The molecular formula is C30H32N2O5. The van der Waals surface area contributed by atoms with Gasteiger partial charge < -0.3 is 19.5 Å². The zero-order chi connectivity index (χ0) is 26.7. The van der Waals surface area contributed by atoms with E-state index in [4.69, 9.17) is 9.47 Å². The first kappa shape index (κ1) is 25.8. The molecule has 0 radical (unpaired) electrons. The molecule has 0 bridgehead atoms. The Balaban J connectivity index is 1.89. The lowest BCUT2D eigenvalue weighted by Crippen LogP contribution is -2.29. The summed E-state index contributed by atoms with van der Waals surface area (Å²) in [7, 11) is 3.86. The molecule has 7 heteroatoms. The van der Waals surface area contributed by atoms with E-state index in [9.17, 15) is 14.7 Å². The quantitative estimate of drug-likeness (QED) is 0.248. The largest absolute Gasteiger partial charge is 0.507 e. The molecule has 3 aromatic carbocycles. The number of nitrogens with zero attached hydrogens (tertiary/aromatic N) is 2. The topological polar surface area (TPSA) is 79.3 Å². The van der Waals surface area contributed by atoms with E-state index in [2.05, 4.69) is 0 Å². The Morgan fingerprint density at radius 2 is 1.65 bits per heavy atom. The van der Waals surface area contributed by atoms with Crippen molar-refractivity contribution in [1.29, 1.82) is 0 Å². The molecule has 192 valence electrons. The molecular weight excluding hydrogens is 468 g/mol. The van der Waals surface area contributed by atoms with Crippen LogP contribution >= 0.6 is 0 Å². The standard InChI is InChI=1S/C30H32N2O5/c1-6-36-24-11-7-9-20(17-24)27-26(28(33)21-10-8-12-25(18-21)37-19(2)3)29(34)30(35)32(27)23-15-13-22(14-16-23)31(4)5/h7-19,27,33H,6H2,1-5H3/b28-26-. The number of anilines is 2. The molecule has 1 heterocycles. The van der Waals surface area contributed by atoms with Crippen molar-refractivity contribution in [3.8, 4) is 11.5 Å². The van der Waals surface area contributed by atoms with E-state index in [1.165, 1.54) is 4.90 Å². The van der Waals surface area contributed by atoms with Gasteiger partial charge in [0.25, 0.3) is 11.7 Å². The molecule has 1 fully saturated rings. The maximum absolute atomic E-state index is 13.5. The van der Waals surface area contributed by atoms with Crippen LogP contribution in [0.4, 0.5) is 11.4 Å². The van der Waals surface area contributed by atoms with Crippen LogP contribution in [0.25, 0.3) is 5.76 Å². The predicted molar refractivity (Wildman–Crippen MR) is 145 cm³/mol. The van der Waals surface area contributed by atoms with Crippen LogP contribution in [-0.4, -0.2) is 43.6 Å². The Hall–Kier alpha value is -4.26. The molecule has 1 saturated heterocycles. The van der Waals surface area contributed by atoms with E-state index in [-0.39, 0.29) is 17.4 Å². The van der Waals surface area contributed by atoms with Crippen LogP contribution in [0.3, 0.4) is 0 Å². The van der Waals surface area contributed by atoms with E-state index >= 15 is 0 Å². The summed E-state index contributed by atoms with van der Waals surface area (Å²) in [6.45, 7) is 6.17. The first-order chi connectivity index (χ1) is 17.7. The van der Waals surface area contributed by atoms with E-state index in [1.54, 1.807) is 42.5 Å². The molecule has 1 N–H and O–H groups in total. The van der Waals surface area contributed by atoms with E-state index in [0.29, 0.717) is 34.9 Å². The van der Waals surface area contributed by atoms with Crippen molar-refractivity contribution in [1.82, 2.24) is 0 Å². The Labute approximate surface area is 217 Å². The number of hydrogen-bond acceptors (Lipinski definition) is 6. The van der Waals surface area contributed by atoms with Gasteiger partial charge in [0.2, 0.25) is 0 Å². The second-order valence-electron chi connectivity index (χ2n) is 9.28. The lowest BCUT2D eigenvalue weighted by Gasteiger charge is -2.26. The Kier molecular flexibility index (Phi) is 7.53. The van der Waals surface area contributed by atoms with Gasteiger partial charge in [-0.2, -0.15) is 0 Å². The average molecular weight is 501 g/mol. The second-order valence-corrected chi connectivity index (χ2v) is 9.28. The highest BCUT2D eigenvalue weighted by molar-refractivity contribution is 6.51. The number of carbonyl (C=O) groups is 2. The minimum absolute atomic E-state index is 0.0111. The number of ketones is 1. The van der Waals surface area contributed by atoms with Gasteiger partial charge in [-0.25, -0.2) is 0 Å². The van der Waals surface area contributed by atoms with Gasteiger partial charge in [0.15, 0.2) is 0 Å². The van der Waals surface area contributed by atoms with Crippen LogP contribution in [0.5, 0.6) is 11.5 Å². The lowest BCUT2D eigenvalue weighted by atomic mass is 9.95. The molecule has 1 aliphatic heterocycles. The second kappa shape index (κ2) is 10.8. The summed E-state index contributed by atoms with van der Waals surface area (Å²) in [4.78, 5) is 30.3. The van der Waals surface area contributed by atoms with Gasteiger partial charge in [-0.15, -0.1) is 0 Å². The summed E-state index contributed by atoms with van der Waals surface area (Å²) >= 11 is 0. The molecule has 1 atom stereocenters. The van der Waals surface area contributed by atoms with Crippen LogP contribution in [0.1, 0.15) is 37.9 Å². The fraction of sp³-hybridized carbons (Fsp3) is 0.267. The third kappa shape index (κ3) is 5.31. The average Bonchev–Trinajstić information content (AvgIpc) is 3.14. The first-order valence-corrected chi connectivity index (χ1v) is 12.3. The van der Waals surface area contributed by atoms with Crippen LogP contribution in [0, 0.1) is 0 Å². The third-order valence-corrected chi connectivity index (χ3v) is 6.05. The molecule has 4 rings (SSSR count). The van der Waals surface area contributed by atoms with Crippen LogP contribution in [0.15, 0.2) is 78.4 Å². The Bertz CT molecular complexity index is 1330. The van der Waals surface area contributed by atoms with Crippen LogP contribution in [0.2, 0.25) is 0 Å². The lowest BCUT2D eigenvalue weighted by molar-refractivity contribution is -0.132. The molecule has 1 amide bonds. The van der Waals surface area contributed by atoms with Crippen molar-refractivity contribution >= 4 is 28.8 Å². The van der Waals surface area contributed by atoms with Gasteiger partial charge in [-0.05, 0) is 74.9 Å². The number of carbonyl (C=O) groups excluding carboxylic acids is 2. The summed E-state index contributed by atoms with van der Waals surface area (Å²) in [5.41, 5.74) is 2.56. The first-order valence-electron chi connectivity index (χ1n) is 12.3. The maximum atomic E-state index is 13.5. The maximum Gasteiger partial charge on any atom is 0.300 e. The molecule has 0 spiro atoms. The van der Waals surface area contributed by atoms with Crippen molar-refractivity contribution in [2.75, 3.05) is 30.5 Å². The molecule has 0 aromatic heterocycles. The predicted octanol–water partition coefficient (Wildman–Crippen LogP) is 5.56. The van der Waals surface area contributed by atoms with Crippen molar-refractivity contribution in [3.05, 3.63) is 89.5 Å². The molecule has 0 aliphatic carbocycles. The van der Waals surface area contributed by atoms with Crippen LogP contribution in [-0.2, 0) is 9.59 Å². The van der Waals surface area contributed by atoms with Gasteiger partial charge in [0, 0.05) is 31.0 Å². The van der Waals surface area contributed by atoms with Gasteiger partial charge in [-0.3, -0.25) is 14.5 Å². The van der Waals surface area contributed by atoms with Crippen LogP contribution < -0.4 is 19.3 Å². The molecule has 7 nitrogen and oxygen atoms in total. The minimum Gasteiger partial charge on any atom is -0.507 e. The number of Topliss-reactive ketones (excluding diaryl/α,β-unsaturated/α-hetero) is 1. The van der Waals surface area contributed by atoms with E-state index in [0.717, 1.165) is 5.69 Å². The Morgan fingerprint density at radius 3 is 2.30 bits per heavy atom. The highest BCUT2D eigenvalue weighted by Crippen LogP contribution is 2.43. The van der Waals surface area contributed by atoms with E-state index < -0.39 is 17.7 Å². The molecule has 0 saturated carbocycles. The summed E-state index contributed by atoms with van der Waals surface area (Å²) in [5.74, 6) is -0.549. The zero-order valence-corrected chi connectivity index (χ0v) is 21.8. The fourth-order valence-electron chi connectivity index (χ4n) is 4.41. The number of aliphatic hydroxyl groups excluding tert-OH is 1. The van der Waals surface area contributed by atoms with Gasteiger partial charge >= 0.3 is 0 Å².